The van der Waals surface area contributed by atoms with Crippen molar-refractivity contribution in [3.8, 4) is 0 Å². The highest BCUT2D eigenvalue weighted by Crippen LogP contribution is 2.14. The molecule has 0 aromatic carbocycles. The van der Waals surface area contributed by atoms with E-state index in [1.165, 1.54) is 11.8 Å². The Kier molecular flexibility index (Phi) is 5.43. The molecule has 0 aliphatic heterocycles. The van der Waals surface area contributed by atoms with Gasteiger partial charge in [0.2, 0.25) is 17.0 Å². The minimum Gasteiger partial charge on any atom is -0.460 e. The Bertz CT molecular complexity index is 685. The molecule has 3 N–H and O–H groups in total. The third-order valence-corrected chi connectivity index (χ3v) is 3.28. The molecule has 2 aromatic heterocycles. The van der Waals surface area contributed by atoms with Crippen LogP contribution in [0.3, 0.4) is 0 Å². The summed E-state index contributed by atoms with van der Waals surface area (Å²) in [5, 5.41) is 14.0. The minimum absolute atomic E-state index is 0.0620. The van der Waals surface area contributed by atoms with Gasteiger partial charge in [0.1, 0.15) is 11.5 Å². The first-order valence-electron chi connectivity index (χ1n) is 7.03. The van der Waals surface area contributed by atoms with Crippen molar-refractivity contribution in [2.75, 3.05) is 11.2 Å². The molecule has 8 nitrogen and oxygen atoms in total. The Labute approximate surface area is 138 Å². The van der Waals surface area contributed by atoms with Gasteiger partial charge in [-0.3, -0.25) is 4.79 Å². The van der Waals surface area contributed by atoms with E-state index in [2.05, 4.69) is 31.0 Å². The molecule has 2 aromatic rings. The zero-order valence-corrected chi connectivity index (χ0v) is 14.3. The maximum atomic E-state index is 11.7. The number of aromatic amines is 1. The number of anilines is 1. The number of rotatable bonds is 6. The van der Waals surface area contributed by atoms with E-state index in [1.807, 2.05) is 39.8 Å². The molecule has 0 aliphatic rings. The number of thioether (sulfide) groups is 1. The van der Waals surface area contributed by atoms with E-state index in [4.69, 9.17) is 4.42 Å². The SMILES string of the molecule is Cc1ccc(/C=N/Nc2nc(SCC(=O)NC(C)(C)C)n[nH]2)o1. The van der Waals surface area contributed by atoms with E-state index in [0.717, 1.165) is 5.76 Å². The summed E-state index contributed by atoms with van der Waals surface area (Å²) in [6.45, 7) is 7.66. The molecule has 23 heavy (non-hydrogen) atoms. The Hall–Kier alpha value is -2.29. The number of hydrogen-bond donors (Lipinski definition) is 3. The van der Waals surface area contributed by atoms with Crippen molar-refractivity contribution in [1.29, 1.82) is 0 Å². The molecular formula is C14H20N6O2S. The fourth-order valence-electron chi connectivity index (χ4n) is 1.63. The average Bonchev–Trinajstić information content (AvgIpc) is 3.04. The summed E-state index contributed by atoms with van der Waals surface area (Å²) >= 11 is 1.25. The molecule has 0 spiro atoms. The molecule has 0 radical (unpaired) electrons. The Morgan fingerprint density at radius 1 is 1.48 bits per heavy atom. The molecule has 9 heteroatoms. The van der Waals surface area contributed by atoms with Gasteiger partial charge in [-0.2, -0.15) is 10.1 Å². The Balaban J connectivity index is 1.79. The van der Waals surface area contributed by atoms with Gasteiger partial charge in [-0.25, -0.2) is 10.5 Å². The van der Waals surface area contributed by atoms with Crippen molar-refractivity contribution < 1.29 is 9.21 Å². The summed E-state index contributed by atoms with van der Waals surface area (Å²) in [5.41, 5.74) is 2.47. The smallest absolute Gasteiger partial charge is 0.240 e. The number of nitrogens with zero attached hydrogens (tertiary/aromatic N) is 3. The van der Waals surface area contributed by atoms with E-state index in [-0.39, 0.29) is 17.2 Å². The van der Waals surface area contributed by atoms with Gasteiger partial charge in [-0.1, -0.05) is 11.8 Å². The highest BCUT2D eigenvalue weighted by molar-refractivity contribution is 7.99. The van der Waals surface area contributed by atoms with Gasteiger partial charge >= 0.3 is 0 Å². The summed E-state index contributed by atoms with van der Waals surface area (Å²) < 4.78 is 5.35. The molecular weight excluding hydrogens is 316 g/mol. The molecule has 0 aliphatic carbocycles. The lowest BCUT2D eigenvalue weighted by atomic mass is 10.1. The van der Waals surface area contributed by atoms with Crippen LogP contribution in [0.4, 0.5) is 5.95 Å². The molecule has 0 fully saturated rings. The van der Waals surface area contributed by atoms with Gasteiger partial charge < -0.3 is 9.73 Å². The molecule has 2 rings (SSSR count). The van der Waals surface area contributed by atoms with Crippen LogP contribution in [0.15, 0.2) is 26.8 Å². The lowest BCUT2D eigenvalue weighted by molar-refractivity contribution is -0.119. The van der Waals surface area contributed by atoms with Crippen molar-refractivity contribution in [2.45, 2.75) is 38.4 Å². The molecule has 124 valence electrons. The number of amides is 1. The van der Waals surface area contributed by atoms with Crippen molar-refractivity contribution in [3.63, 3.8) is 0 Å². The van der Waals surface area contributed by atoms with Gasteiger partial charge in [0, 0.05) is 5.54 Å². The third-order valence-electron chi connectivity index (χ3n) is 2.44. The van der Waals surface area contributed by atoms with Crippen LogP contribution in [-0.2, 0) is 4.79 Å². The van der Waals surface area contributed by atoms with Crippen LogP contribution < -0.4 is 10.7 Å². The van der Waals surface area contributed by atoms with E-state index in [9.17, 15) is 4.79 Å². The standard InChI is InChI=1S/C14H20N6O2S/c1-9-5-6-10(22-9)7-15-18-12-16-13(20-19-12)23-8-11(21)17-14(2,3)4/h5-7H,8H2,1-4H3,(H,17,21)(H2,16,18,19,20)/b15-7+. The summed E-state index contributed by atoms with van der Waals surface area (Å²) in [6, 6.07) is 3.67. The van der Waals surface area contributed by atoms with Gasteiger partial charge in [-0.05, 0) is 39.8 Å². The van der Waals surface area contributed by atoms with Crippen LogP contribution in [0.2, 0.25) is 0 Å². The molecule has 0 atom stereocenters. The average molecular weight is 336 g/mol. The topological polar surface area (TPSA) is 108 Å². The van der Waals surface area contributed by atoms with E-state index in [1.54, 1.807) is 6.21 Å². The Morgan fingerprint density at radius 3 is 2.91 bits per heavy atom. The molecule has 0 unspecified atom stereocenters. The molecule has 2 heterocycles. The second kappa shape index (κ2) is 7.32. The first-order valence-corrected chi connectivity index (χ1v) is 8.02. The van der Waals surface area contributed by atoms with E-state index < -0.39 is 0 Å². The zero-order valence-electron chi connectivity index (χ0n) is 13.5. The third kappa shape index (κ3) is 6.15. The van der Waals surface area contributed by atoms with Gasteiger partial charge in [0.05, 0.1) is 12.0 Å². The van der Waals surface area contributed by atoms with Gasteiger partial charge in [0.15, 0.2) is 0 Å². The monoisotopic (exact) mass is 336 g/mol. The largest absolute Gasteiger partial charge is 0.460 e. The molecule has 0 saturated carbocycles. The normalized spacial score (nSPS) is 11.8. The second-order valence-electron chi connectivity index (χ2n) is 5.87. The zero-order chi connectivity index (χ0) is 16.9. The highest BCUT2D eigenvalue weighted by Gasteiger charge is 2.14. The van der Waals surface area contributed by atoms with Gasteiger partial charge in [0.25, 0.3) is 0 Å². The quantitative estimate of drug-likeness (QED) is 0.424. The molecule has 1 amide bonds. The number of nitrogens with one attached hydrogen (secondary N) is 3. The van der Waals surface area contributed by atoms with Crippen molar-refractivity contribution >= 4 is 29.8 Å². The van der Waals surface area contributed by atoms with Crippen molar-refractivity contribution in [2.24, 2.45) is 5.10 Å². The van der Waals surface area contributed by atoms with Crippen LogP contribution in [0.1, 0.15) is 32.3 Å². The maximum absolute atomic E-state index is 11.7. The Morgan fingerprint density at radius 2 is 2.26 bits per heavy atom. The fraction of sp³-hybridized carbons (Fsp3) is 0.429. The lowest BCUT2D eigenvalue weighted by Crippen LogP contribution is -2.41. The number of carbonyl (C=O) groups is 1. The number of hydrazone groups is 1. The van der Waals surface area contributed by atoms with Crippen LogP contribution >= 0.6 is 11.8 Å². The van der Waals surface area contributed by atoms with Crippen LogP contribution in [0.5, 0.6) is 0 Å². The molecule has 0 saturated heterocycles. The highest BCUT2D eigenvalue weighted by atomic mass is 32.2. The fourth-order valence-corrected chi connectivity index (χ4v) is 2.22. The van der Waals surface area contributed by atoms with Crippen molar-refractivity contribution in [1.82, 2.24) is 20.5 Å². The summed E-state index contributed by atoms with van der Waals surface area (Å²) in [6.07, 6.45) is 1.54. The molecule has 0 bridgehead atoms. The summed E-state index contributed by atoms with van der Waals surface area (Å²) in [4.78, 5) is 15.9. The number of hydrogen-bond acceptors (Lipinski definition) is 7. The predicted molar refractivity (Wildman–Crippen MR) is 89.7 cm³/mol. The first-order chi connectivity index (χ1) is 10.8. The van der Waals surface area contributed by atoms with Gasteiger partial charge in [-0.15, -0.1) is 5.10 Å². The number of carbonyl (C=O) groups excluding carboxylic acids is 1. The lowest BCUT2D eigenvalue weighted by Gasteiger charge is -2.19. The predicted octanol–water partition coefficient (Wildman–Crippen LogP) is 2.16. The van der Waals surface area contributed by atoms with Crippen LogP contribution in [-0.4, -0.2) is 38.6 Å². The van der Waals surface area contributed by atoms with E-state index in [0.29, 0.717) is 16.9 Å². The minimum atomic E-state index is -0.248. The number of H-pyrrole nitrogens is 1. The maximum Gasteiger partial charge on any atom is 0.240 e. The number of aromatic nitrogens is 3. The van der Waals surface area contributed by atoms with Crippen LogP contribution in [0.25, 0.3) is 0 Å². The van der Waals surface area contributed by atoms with Crippen LogP contribution in [0, 0.1) is 6.92 Å². The number of aryl methyl sites for hydroxylation is 1. The summed E-state index contributed by atoms with van der Waals surface area (Å²) in [7, 11) is 0. The van der Waals surface area contributed by atoms with Crippen molar-refractivity contribution in [3.05, 3.63) is 23.7 Å². The summed E-state index contributed by atoms with van der Waals surface area (Å²) in [5.74, 6) is 2.04. The van der Waals surface area contributed by atoms with E-state index >= 15 is 0 Å². The first kappa shape index (κ1) is 17.1. The number of furan rings is 1. The second-order valence-corrected chi connectivity index (χ2v) is 6.81.